The van der Waals surface area contributed by atoms with E-state index in [4.69, 9.17) is 5.73 Å². The van der Waals surface area contributed by atoms with Gasteiger partial charge in [0.2, 0.25) is 15.9 Å². The summed E-state index contributed by atoms with van der Waals surface area (Å²) in [7, 11) is -2.05. The molecule has 1 aromatic carbocycles. The molecule has 114 valence electrons. The second kappa shape index (κ2) is 7.26. The molecule has 0 atom stereocenters. The maximum Gasteiger partial charge on any atom is 0.239 e. The van der Waals surface area contributed by atoms with Crippen LogP contribution in [0.25, 0.3) is 0 Å². The summed E-state index contributed by atoms with van der Waals surface area (Å²) < 4.78 is 24.2. The Bertz CT molecular complexity index is 607. The number of benzene rings is 1. The van der Waals surface area contributed by atoms with Crippen LogP contribution >= 0.6 is 28.3 Å². The molecule has 0 saturated carbocycles. The van der Waals surface area contributed by atoms with E-state index >= 15 is 0 Å². The van der Waals surface area contributed by atoms with Gasteiger partial charge in [0.1, 0.15) is 0 Å². The number of anilines is 2. The lowest BCUT2D eigenvalue weighted by Gasteiger charge is -2.15. The second-order valence-corrected chi connectivity index (χ2v) is 7.26. The minimum absolute atomic E-state index is 0. The lowest BCUT2D eigenvalue weighted by atomic mass is 10.2. The lowest BCUT2D eigenvalue weighted by Crippen LogP contribution is -2.34. The Morgan fingerprint density at radius 2 is 2.00 bits per heavy atom. The van der Waals surface area contributed by atoms with Crippen LogP contribution in [0, 0.1) is 6.92 Å². The third-order valence-corrected chi connectivity index (χ3v) is 4.28. The van der Waals surface area contributed by atoms with E-state index in [0.717, 1.165) is 20.6 Å². The van der Waals surface area contributed by atoms with E-state index in [9.17, 15) is 13.2 Å². The van der Waals surface area contributed by atoms with Gasteiger partial charge in [-0.1, -0.05) is 15.9 Å². The fourth-order valence-electron chi connectivity index (χ4n) is 1.37. The smallest absolute Gasteiger partial charge is 0.239 e. The molecule has 0 heterocycles. The summed E-state index contributed by atoms with van der Waals surface area (Å²) in [5.41, 5.74) is 7.58. The molecular weight excluding hydrogens is 370 g/mol. The number of nitrogens with zero attached hydrogens (tertiary/aromatic N) is 1. The molecule has 0 saturated heterocycles. The van der Waals surface area contributed by atoms with Crippen molar-refractivity contribution in [1.29, 1.82) is 0 Å². The minimum atomic E-state index is -3.38. The molecule has 0 aliphatic carbocycles. The van der Waals surface area contributed by atoms with Gasteiger partial charge in [-0.25, -0.2) is 8.42 Å². The quantitative estimate of drug-likeness (QED) is 0.769. The summed E-state index contributed by atoms with van der Waals surface area (Å²) in [6.07, 6.45) is 1.04. The first kappa shape index (κ1) is 19.2. The number of carbonyl (C=O) groups is 1. The van der Waals surface area contributed by atoms with Crippen molar-refractivity contribution < 1.29 is 13.2 Å². The number of nitrogens with one attached hydrogen (secondary N) is 1. The van der Waals surface area contributed by atoms with Crippen molar-refractivity contribution in [2.75, 3.05) is 30.9 Å². The third kappa shape index (κ3) is 5.28. The molecule has 0 unspecified atom stereocenters. The van der Waals surface area contributed by atoms with Gasteiger partial charge in [-0.05, 0) is 24.6 Å². The molecule has 0 aliphatic heterocycles. The van der Waals surface area contributed by atoms with Crippen molar-refractivity contribution >= 4 is 55.6 Å². The normalized spacial score (nSPS) is 11.1. The first-order valence-corrected chi connectivity index (χ1v) is 8.02. The van der Waals surface area contributed by atoms with E-state index in [1.165, 1.54) is 7.05 Å². The van der Waals surface area contributed by atoms with Crippen molar-refractivity contribution in [2.24, 2.45) is 0 Å². The molecule has 3 N–H and O–H groups in total. The number of nitrogen functional groups attached to an aromatic ring is 1. The zero-order valence-electron chi connectivity index (χ0n) is 11.3. The van der Waals surface area contributed by atoms with Gasteiger partial charge in [-0.15, -0.1) is 12.4 Å². The number of sulfonamides is 1. The van der Waals surface area contributed by atoms with Crippen molar-refractivity contribution in [1.82, 2.24) is 4.31 Å². The van der Waals surface area contributed by atoms with Crippen LogP contribution in [0.2, 0.25) is 0 Å². The molecule has 6 nitrogen and oxygen atoms in total. The van der Waals surface area contributed by atoms with Gasteiger partial charge in [0.05, 0.1) is 24.2 Å². The predicted molar refractivity (Wildman–Crippen MR) is 86.6 cm³/mol. The van der Waals surface area contributed by atoms with Crippen molar-refractivity contribution in [2.45, 2.75) is 6.92 Å². The number of aryl methyl sites for hydroxylation is 1. The predicted octanol–water partition coefficient (Wildman–Crippen LogP) is 1.59. The number of nitrogens with two attached hydrogens (primary N) is 1. The van der Waals surface area contributed by atoms with Crippen LogP contribution < -0.4 is 11.1 Å². The van der Waals surface area contributed by atoms with E-state index in [1.54, 1.807) is 6.07 Å². The zero-order chi connectivity index (χ0) is 14.8. The Labute approximate surface area is 133 Å². The fraction of sp³-hybridized carbons (Fsp3) is 0.364. The van der Waals surface area contributed by atoms with Gasteiger partial charge in [0.15, 0.2) is 0 Å². The molecule has 20 heavy (non-hydrogen) atoms. The van der Waals surface area contributed by atoms with Crippen molar-refractivity contribution in [3.63, 3.8) is 0 Å². The van der Waals surface area contributed by atoms with Gasteiger partial charge < -0.3 is 11.1 Å². The molecule has 0 fully saturated rings. The van der Waals surface area contributed by atoms with Gasteiger partial charge in [-0.2, -0.15) is 4.31 Å². The summed E-state index contributed by atoms with van der Waals surface area (Å²) >= 11 is 3.31. The number of amides is 1. The minimum Gasteiger partial charge on any atom is -0.397 e. The van der Waals surface area contributed by atoms with Crippen LogP contribution in [0.4, 0.5) is 11.4 Å². The monoisotopic (exact) mass is 385 g/mol. The SMILES string of the molecule is Cc1cc(Br)cc(NC(=O)CN(C)S(C)(=O)=O)c1N.Cl. The summed E-state index contributed by atoms with van der Waals surface area (Å²) in [6.45, 7) is 1.56. The number of likely N-dealkylation sites (N-methyl/N-ethyl adjacent to an activating group) is 1. The van der Waals surface area contributed by atoms with Crippen molar-refractivity contribution in [3.05, 3.63) is 22.2 Å². The van der Waals surface area contributed by atoms with Crippen LogP contribution in [0.15, 0.2) is 16.6 Å². The number of halogens is 2. The number of hydrogen-bond acceptors (Lipinski definition) is 4. The summed E-state index contributed by atoms with van der Waals surface area (Å²) in [5.74, 6) is -0.447. The highest BCUT2D eigenvalue weighted by Crippen LogP contribution is 2.27. The molecule has 0 spiro atoms. The molecule has 9 heteroatoms. The largest absolute Gasteiger partial charge is 0.397 e. The average molecular weight is 387 g/mol. The maximum atomic E-state index is 11.8. The maximum absolute atomic E-state index is 11.8. The molecule has 1 rings (SSSR count). The molecule has 0 aliphatic rings. The highest BCUT2D eigenvalue weighted by atomic mass is 79.9. The molecular formula is C11H17BrClN3O3S. The molecule has 0 bridgehead atoms. The van der Waals surface area contributed by atoms with Crippen LogP contribution in [0.5, 0.6) is 0 Å². The summed E-state index contributed by atoms with van der Waals surface area (Å²) in [5, 5.41) is 2.59. The number of rotatable bonds is 4. The first-order valence-electron chi connectivity index (χ1n) is 5.38. The van der Waals surface area contributed by atoms with E-state index < -0.39 is 15.9 Å². The van der Waals surface area contributed by atoms with Gasteiger partial charge >= 0.3 is 0 Å². The van der Waals surface area contributed by atoms with Crippen LogP contribution in [-0.4, -0.2) is 38.5 Å². The zero-order valence-corrected chi connectivity index (χ0v) is 14.5. The Morgan fingerprint density at radius 3 is 2.50 bits per heavy atom. The van der Waals surface area contributed by atoms with Crippen molar-refractivity contribution in [3.8, 4) is 0 Å². The third-order valence-electron chi connectivity index (χ3n) is 2.56. The number of carbonyl (C=O) groups excluding carboxylic acids is 1. The Hall–Kier alpha value is -0.830. The summed E-state index contributed by atoms with van der Waals surface area (Å²) in [6, 6.07) is 3.49. The van der Waals surface area contributed by atoms with Gasteiger partial charge in [0, 0.05) is 11.5 Å². The highest BCUT2D eigenvalue weighted by molar-refractivity contribution is 9.10. The molecule has 1 amide bonds. The van der Waals surface area contributed by atoms with Crippen LogP contribution in [-0.2, 0) is 14.8 Å². The molecule has 1 aromatic rings. The fourth-order valence-corrected chi connectivity index (χ4v) is 2.29. The number of hydrogen-bond donors (Lipinski definition) is 2. The van der Waals surface area contributed by atoms with Crippen LogP contribution in [0.3, 0.4) is 0 Å². The Balaban J connectivity index is 0.00000361. The lowest BCUT2D eigenvalue weighted by molar-refractivity contribution is -0.116. The van der Waals surface area contributed by atoms with E-state index in [-0.39, 0.29) is 19.0 Å². The Morgan fingerprint density at radius 1 is 1.45 bits per heavy atom. The highest BCUT2D eigenvalue weighted by Gasteiger charge is 2.16. The summed E-state index contributed by atoms with van der Waals surface area (Å²) in [4.78, 5) is 11.8. The van der Waals surface area contributed by atoms with Crippen LogP contribution in [0.1, 0.15) is 5.56 Å². The average Bonchev–Trinajstić information content (AvgIpc) is 2.23. The van der Waals surface area contributed by atoms with Gasteiger partial charge in [0.25, 0.3) is 0 Å². The van der Waals surface area contributed by atoms with Gasteiger partial charge in [-0.3, -0.25) is 4.79 Å². The van der Waals surface area contributed by atoms with E-state index in [2.05, 4.69) is 21.2 Å². The standard InChI is InChI=1S/C11H16BrN3O3S.ClH/c1-7-4-8(12)5-9(11(7)13)14-10(16)6-15(2)19(3,17)18;/h4-5H,6,13H2,1-3H3,(H,14,16);1H. The van der Waals surface area contributed by atoms with E-state index in [0.29, 0.717) is 11.4 Å². The first-order chi connectivity index (χ1) is 8.61. The Kier molecular flexibility index (Phi) is 6.96. The second-order valence-electron chi connectivity index (χ2n) is 4.25. The van der Waals surface area contributed by atoms with E-state index in [1.807, 2.05) is 13.0 Å². The topological polar surface area (TPSA) is 92.5 Å². The molecule has 0 radical (unpaired) electrons. The molecule has 0 aromatic heterocycles.